The summed E-state index contributed by atoms with van der Waals surface area (Å²) >= 11 is 0. The first kappa shape index (κ1) is 13.6. The molecule has 1 atom stereocenters. The molecular formula is C17H22N2O. The van der Waals surface area contributed by atoms with E-state index in [1.807, 2.05) is 0 Å². The van der Waals surface area contributed by atoms with E-state index in [1.165, 1.54) is 36.8 Å². The van der Waals surface area contributed by atoms with E-state index in [0.717, 1.165) is 19.6 Å². The lowest BCUT2D eigenvalue weighted by Crippen LogP contribution is -2.38. The second kappa shape index (κ2) is 6.39. The lowest BCUT2D eigenvalue weighted by Gasteiger charge is -2.33. The molecule has 2 aliphatic rings. The summed E-state index contributed by atoms with van der Waals surface area (Å²) in [5, 5.41) is 9.09. The van der Waals surface area contributed by atoms with Crippen LogP contribution in [-0.2, 0) is 11.2 Å². The number of ether oxygens (including phenoxy) is 1. The average molecular weight is 270 g/mol. The van der Waals surface area contributed by atoms with Crippen molar-refractivity contribution in [2.45, 2.75) is 44.2 Å². The van der Waals surface area contributed by atoms with Crippen molar-refractivity contribution in [1.82, 2.24) is 4.90 Å². The van der Waals surface area contributed by atoms with Crippen LogP contribution in [-0.4, -0.2) is 30.6 Å². The van der Waals surface area contributed by atoms with Crippen LogP contribution >= 0.6 is 0 Å². The zero-order valence-corrected chi connectivity index (χ0v) is 11.9. The quantitative estimate of drug-likeness (QED) is 0.789. The molecule has 106 valence electrons. The molecule has 0 aromatic heterocycles. The molecule has 1 aromatic carbocycles. The fraction of sp³-hybridized carbons (Fsp3) is 0.588. The van der Waals surface area contributed by atoms with Crippen LogP contribution < -0.4 is 0 Å². The number of rotatable bonds is 4. The van der Waals surface area contributed by atoms with E-state index in [0.29, 0.717) is 12.6 Å². The van der Waals surface area contributed by atoms with Crippen LogP contribution in [0.1, 0.15) is 42.9 Å². The van der Waals surface area contributed by atoms with Gasteiger partial charge in [0.1, 0.15) is 0 Å². The highest BCUT2D eigenvalue weighted by Gasteiger charge is 2.28. The zero-order valence-electron chi connectivity index (χ0n) is 11.9. The summed E-state index contributed by atoms with van der Waals surface area (Å²) in [5.74, 6) is 0. The Morgan fingerprint density at radius 2 is 2.05 bits per heavy atom. The highest BCUT2D eigenvalue weighted by molar-refractivity contribution is 5.31. The predicted octanol–water partition coefficient (Wildman–Crippen LogP) is 3.07. The van der Waals surface area contributed by atoms with Gasteiger partial charge in [0.15, 0.2) is 0 Å². The van der Waals surface area contributed by atoms with Gasteiger partial charge in [-0.1, -0.05) is 37.1 Å². The summed E-state index contributed by atoms with van der Waals surface area (Å²) in [7, 11) is 0. The van der Waals surface area contributed by atoms with Crippen LogP contribution in [0.15, 0.2) is 24.3 Å². The fourth-order valence-corrected chi connectivity index (χ4v) is 3.54. The average Bonchev–Trinajstić information content (AvgIpc) is 3.01. The van der Waals surface area contributed by atoms with Gasteiger partial charge < -0.3 is 4.74 Å². The fourth-order valence-electron chi connectivity index (χ4n) is 3.54. The number of benzene rings is 1. The SMILES string of the molecule is N#CCN(CC1OCCc2ccccc21)C1CCCC1. The van der Waals surface area contributed by atoms with Crippen molar-refractivity contribution in [1.29, 1.82) is 5.26 Å². The Morgan fingerprint density at radius 1 is 1.25 bits per heavy atom. The Hall–Kier alpha value is -1.37. The topological polar surface area (TPSA) is 36.3 Å². The van der Waals surface area contributed by atoms with Crippen LogP contribution in [0.4, 0.5) is 0 Å². The molecule has 0 N–H and O–H groups in total. The van der Waals surface area contributed by atoms with Gasteiger partial charge >= 0.3 is 0 Å². The molecule has 3 rings (SSSR count). The van der Waals surface area contributed by atoms with Crippen LogP contribution in [0.25, 0.3) is 0 Å². The molecule has 1 unspecified atom stereocenters. The summed E-state index contributed by atoms with van der Waals surface area (Å²) in [6, 6.07) is 11.5. The number of hydrogen-bond acceptors (Lipinski definition) is 3. The Balaban J connectivity index is 1.74. The van der Waals surface area contributed by atoms with Crippen molar-refractivity contribution in [2.24, 2.45) is 0 Å². The molecule has 1 fully saturated rings. The Labute approximate surface area is 121 Å². The first-order valence-electron chi connectivity index (χ1n) is 7.69. The van der Waals surface area contributed by atoms with E-state index < -0.39 is 0 Å². The monoisotopic (exact) mass is 270 g/mol. The summed E-state index contributed by atoms with van der Waals surface area (Å²) in [6.07, 6.45) is 6.21. The number of fused-ring (bicyclic) bond motifs is 1. The molecule has 1 aromatic rings. The first-order valence-corrected chi connectivity index (χ1v) is 7.69. The minimum Gasteiger partial charge on any atom is -0.372 e. The predicted molar refractivity (Wildman–Crippen MR) is 78.3 cm³/mol. The van der Waals surface area contributed by atoms with Gasteiger partial charge in [0, 0.05) is 12.6 Å². The molecule has 3 nitrogen and oxygen atoms in total. The minimum absolute atomic E-state index is 0.133. The standard InChI is InChI=1S/C17H22N2O/c18-10-11-19(15-6-2-3-7-15)13-17-16-8-4-1-5-14(16)9-12-20-17/h1,4-5,8,15,17H,2-3,6-7,9,11-13H2. The third kappa shape index (κ3) is 2.87. The molecule has 0 bridgehead atoms. The maximum absolute atomic E-state index is 9.09. The molecule has 1 aliphatic heterocycles. The highest BCUT2D eigenvalue weighted by Crippen LogP contribution is 2.30. The van der Waals surface area contributed by atoms with Gasteiger partial charge in [0.2, 0.25) is 0 Å². The second-order valence-corrected chi connectivity index (χ2v) is 5.83. The highest BCUT2D eigenvalue weighted by atomic mass is 16.5. The summed E-state index contributed by atoms with van der Waals surface area (Å²) in [6.45, 7) is 2.18. The summed E-state index contributed by atoms with van der Waals surface area (Å²) in [4.78, 5) is 2.33. The molecular weight excluding hydrogens is 248 g/mol. The van der Waals surface area contributed by atoms with Crippen LogP contribution in [0.3, 0.4) is 0 Å². The van der Waals surface area contributed by atoms with Crippen molar-refractivity contribution in [3.63, 3.8) is 0 Å². The lowest BCUT2D eigenvalue weighted by atomic mass is 9.97. The molecule has 1 heterocycles. The van der Waals surface area contributed by atoms with E-state index in [9.17, 15) is 0 Å². The van der Waals surface area contributed by atoms with Crippen LogP contribution in [0.5, 0.6) is 0 Å². The number of nitrogens with zero attached hydrogens (tertiary/aromatic N) is 2. The molecule has 1 aliphatic carbocycles. The minimum atomic E-state index is 0.133. The normalized spacial score (nSPS) is 22.7. The summed E-state index contributed by atoms with van der Waals surface area (Å²) in [5.41, 5.74) is 2.73. The van der Waals surface area contributed by atoms with E-state index in [-0.39, 0.29) is 6.10 Å². The van der Waals surface area contributed by atoms with Crippen molar-refractivity contribution < 1.29 is 4.74 Å². The third-order valence-corrected chi connectivity index (χ3v) is 4.61. The second-order valence-electron chi connectivity index (χ2n) is 5.83. The van der Waals surface area contributed by atoms with E-state index in [4.69, 9.17) is 10.00 Å². The molecule has 0 saturated heterocycles. The smallest absolute Gasteiger partial charge is 0.0955 e. The number of nitriles is 1. The first-order chi connectivity index (χ1) is 9.88. The van der Waals surface area contributed by atoms with Crippen molar-refractivity contribution in [2.75, 3.05) is 19.7 Å². The van der Waals surface area contributed by atoms with Gasteiger partial charge in [0.05, 0.1) is 25.3 Å². The van der Waals surface area contributed by atoms with Crippen molar-refractivity contribution in [3.05, 3.63) is 35.4 Å². The number of hydrogen-bond donors (Lipinski definition) is 0. The van der Waals surface area contributed by atoms with Gasteiger partial charge in [-0.2, -0.15) is 5.26 Å². The van der Waals surface area contributed by atoms with E-state index >= 15 is 0 Å². The molecule has 20 heavy (non-hydrogen) atoms. The van der Waals surface area contributed by atoms with Crippen molar-refractivity contribution >= 4 is 0 Å². The van der Waals surface area contributed by atoms with Crippen LogP contribution in [0.2, 0.25) is 0 Å². The molecule has 1 saturated carbocycles. The maximum atomic E-state index is 9.09. The largest absolute Gasteiger partial charge is 0.372 e. The zero-order chi connectivity index (χ0) is 13.8. The Bertz CT molecular complexity index is 488. The lowest BCUT2D eigenvalue weighted by molar-refractivity contribution is 0.00984. The van der Waals surface area contributed by atoms with Gasteiger partial charge in [-0.3, -0.25) is 4.90 Å². The van der Waals surface area contributed by atoms with Gasteiger partial charge in [-0.15, -0.1) is 0 Å². The van der Waals surface area contributed by atoms with Gasteiger partial charge in [-0.05, 0) is 30.4 Å². The van der Waals surface area contributed by atoms with Gasteiger partial charge in [0.25, 0.3) is 0 Å². The van der Waals surface area contributed by atoms with E-state index in [2.05, 4.69) is 35.2 Å². The Morgan fingerprint density at radius 3 is 2.85 bits per heavy atom. The maximum Gasteiger partial charge on any atom is 0.0955 e. The molecule has 3 heteroatoms. The molecule has 0 spiro atoms. The third-order valence-electron chi connectivity index (χ3n) is 4.61. The molecule has 0 amide bonds. The Kier molecular flexibility index (Phi) is 4.34. The van der Waals surface area contributed by atoms with Crippen molar-refractivity contribution in [3.8, 4) is 6.07 Å². The van der Waals surface area contributed by atoms with Crippen LogP contribution in [0, 0.1) is 11.3 Å². The van der Waals surface area contributed by atoms with Gasteiger partial charge in [-0.25, -0.2) is 0 Å². The molecule has 0 radical (unpaired) electrons. The summed E-state index contributed by atoms with van der Waals surface area (Å²) < 4.78 is 5.99. The van der Waals surface area contributed by atoms with E-state index in [1.54, 1.807) is 0 Å².